The van der Waals surface area contributed by atoms with Gasteiger partial charge in [0.25, 0.3) is 5.91 Å². The van der Waals surface area contributed by atoms with Crippen LogP contribution in [0.3, 0.4) is 0 Å². The highest BCUT2D eigenvalue weighted by molar-refractivity contribution is 9.10. The molecule has 0 bridgehead atoms. The average molecular weight is 324 g/mol. The van der Waals surface area contributed by atoms with E-state index in [4.69, 9.17) is 4.42 Å². The monoisotopic (exact) mass is 323 g/mol. The summed E-state index contributed by atoms with van der Waals surface area (Å²) in [5, 5.41) is 12.0. The summed E-state index contributed by atoms with van der Waals surface area (Å²) in [7, 11) is 0. The number of carbonyl (C=O) groups is 1. The Labute approximate surface area is 119 Å². The summed E-state index contributed by atoms with van der Waals surface area (Å²) in [6.07, 6.45) is 0. The smallest absolute Gasteiger partial charge is 0.287 e. The van der Waals surface area contributed by atoms with Crippen LogP contribution < -0.4 is 5.32 Å². The van der Waals surface area contributed by atoms with Gasteiger partial charge in [0.15, 0.2) is 10.4 Å². The number of aliphatic hydroxyl groups is 1. The van der Waals surface area contributed by atoms with Crippen molar-refractivity contribution in [3.63, 3.8) is 0 Å². The number of furan rings is 1. The number of hydrogen-bond acceptors (Lipinski definition) is 3. The molecule has 100 valence electrons. The molecule has 2 aromatic rings. The Bertz CT molecular complexity index is 592. The number of aliphatic hydroxyl groups excluding tert-OH is 1. The molecule has 0 aliphatic carbocycles. The van der Waals surface area contributed by atoms with E-state index in [0.717, 1.165) is 16.7 Å². The van der Waals surface area contributed by atoms with Gasteiger partial charge in [-0.25, -0.2) is 0 Å². The maximum atomic E-state index is 12.0. The van der Waals surface area contributed by atoms with Gasteiger partial charge in [0.1, 0.15) is 0 Å². The van der Waals surface area contributed by atoms with Gasteiger partial charge in [0, 0.05) is 12.1 Å². The van der Waals surface area contributed by atoms with E-state index in [9.17, 15) is 9.90 Å². The van der Waals surface area contributed by atoms with Crippen molar-refractivity contribution in [3.8, 4) is 0 Å². The van der Waals surface area contributed by atoms with Crippen LogP contribution in [-0.2, 0) is 13.2 Å². The van der Waals surface area contributed by atoms with E-state index in [0.29, 0.717) is 17.0 Å². The van der Waals surface area contributed by atoms with Gasteiger partial charge in [-0.3, -0.25) is 4.79 Å². The zero-order chi connectivity index (χ0) is 13.8. The Hall–Kier alpha value is -1.59. The molecule has 2 rings (SSSR count). The fraction of sp³-hybridized carbons (Fsp3) is 0.214. The van der Waals surface area contributed by atoms with E-state index in [1.54, 1.807) is 6.07 Å². The third-order valence-corrected chi connectivity index (χ3v) is 3.21. The van der Waals surface area contributed by atoms with Crippen LogP contribution in [0.15, 0.2) is 39.4 Å². The van der Waals surface area contributed by atoms with Crippen molar-refractivity contribution in [3.05, 3.63) is 57.5 Å². The largest absolute Gasteiger partial charge is 0.444 e. The summed E-state index contributed by atoms with van der Waals surface area (Å²) in [6.45, 7) is 2.12. The van der Waals surface area contributed by atoms with Gasteiger partial charge in [-0.1, -0.05) is 24.3 Å². The first-order valence-corrected chi connectivity index (χ1v) is 6.63. The molecule has 0 aliphatic heterocycles. The average Bonchev–Trinajstić information content (AvgIpc) is 2.75. The number of benzene rings is 1. The number of aryl methyl sites for hydroxylation is 1. The number of nitrogens with one attached hydrogen (secondary N) is 1. The van der Waals surface area contributed by atoms with Crippen molar-refractivity contribution in [2.24, 2.45) is 0 Å². The zero-order valence-corrected chi connectivity index (χ0v) is 12.0. The molecular formula is C14H14BrNO3. The first kappa shape index (κ1) is 13.8. The lowest BCUT2D eigenvalue weighted by Gasteiger charge is -2.08. The Kier molecular flexibility index (Phi) is 4.39. The predicted molar refractivity (Wildman–Crippen MR) is 74.7 cm³/mol. The predicted octanol–water partition coefficient (Wildman–Crippen LogP) is 2.77. The highest BCUT2D eigenvalue weighted by Crippen LogP contribution is 2.19. The molecule has 0 saturated heterocycles. The Morgan fingerprint density at radius 1 is 1.37 bits per heavy atom. The maximum Gasteiger partial charge on any atom is 0.287 e. The standard InChI is InChI=1S/C14H14BrNO3/c1-9-6-12(15)19-13(9)14(18)16-7-10-4-2-3-5-11(10)8-17/h2-6,17H,7-8H2,1H3,(H,16,18). The van der Waals surface area contributed by atoms with E-state index in [1.165, 1.54) is 0 Å². The second-order valence-electron chi connectivity index (χ2n) is 4.17. The van der Waals surface area contributed by atoms with Gasteiger partial charge in [0.2, 0.25) is 0 Å². The van der Waals surface area contributed by atoms with E-state index in [2.05, 4.69) is 21.2 Å². The van der Waals surface area contributed by atoms with Crippen molar-refractivity contribution in [2.45, 2.75) is 20.1 Å². The normalized spacial score (nSPS) is 10.5. The van der Waals surface area contributed by atoms with Crippen LogP contribution >= 0.6 is 15.9 Å². The summed E-state index contributed by atoms with van der Waals surface area (Å²) in [5.74, 6) is 0.0318. The fourth-order valence-electron chi connectivity index (χ4n) is 1.81. The number of halogens is 1. The molecule has 19 heavy (non-hydrogen) atoms. The van der Waals surface area contributed by atoms with E-state index in [1.807, 2.05) is 31.2 Å². The second-order valence-corrected chi connectivity index (χ2v) is 4.95. The molecule has 0 fully saturated rings. The Morgan fingerprint density at radius 3 is 2.63 bits per heavy atom. The third kappa shape index (κ3) is 3.24. The van der Waals surface area contributed by atoms with Gasteiger partial charge in [0.05, 0.1) is 6.61 Å². The van der Waals surface area contributed by atoms with Gasteiger partial charge >= 0.3 is 0 Å². The molecule has 1 aromatic carbocycles. The van der Waals surface area contributed by atoms with Gasteiger partial charge in [-0.15, -0.1) is 0 Å². The lowest BCUT2D eigenvalue weighted by Crippen LogP contribution is -2.23. The molecular weight excluding hydrogens is 310 g/mol. The van der Waals surface area contributed by atoms with Crippen molar-refractivity contribution in [2.75, 3.05) is 0 Å². The number of carbonyl (C=O) groups excluding carboxylic acids is 1. The summed E-state index contributed by atoms with van der Waals surface area (Å²) in [4.78, 5) is 12.0. The van der Waals surface area contributed by atoms with Crippen molar-refractivity contribution >= 4 is 21.8 Å². The minimum absolute atomic E-state index is 0.0443. The molecule has 4 nitrogen and oxygen atoms in total. The first-order valence-electron chi connectivity index (χ1n) is 5.83. The Balaban J connectivity index is 2.06. The minimum Gasteiger partial charge on any atom is -0.444 e. The molecule has 0 spiro atoms. The quantitative estimate of drug-likeness (QED) is 0.909. The molecule has 5 heteroatoms. The molecule has 2 N–H and O–H groups in total. The molecule has 0 unspecified atom stereocenters. The van der Waals surface area contributed by atoms with Gasteiger partial charge in [-0.05, 0) is 40.0 Å². The summed E-state index contributed by atoms with van der Waals surface area (Å²) in [5.41, 5.74) is 2.47. The van der Waals surface area contributed by atoms with Crippen LogP contribution in [0.25, 0.3) is 0 Å². The second kappa shape index (κ2) is 6.04. The van der Waals surface area contributed by atoms with Crippen molar-refractivity contribution < 1.29 is 14.3 Å². The molecule has 1 amide bonds. The molecule has 0 atom stereocenters. The van der Waals surface area contributed by atoms with Crippen LogP contribution in [0.4, 0.5) is 0 Å². The lowest BCUT2D eigenvalue weighted by molar-refractivity contribution is 0.0920. The molecule has 1 heterocycles. The fourth-order valence-corrected chi connectivity index (χ4v) is 2.31. The first-order chi connectivity index (χ1) is 9.11. The van der Waals surface area contributed by atoms with Crippen LogP contribution in [0, 0.1) is 6.92 Å². The summed E-state index contributed by atoms with van der Waals surface area (Å²) >= 11 is 3.19. The zero-order valence-electron chi connectivity index (χ0n) is 10.4. The van der Waals surface area contributed by atoms with Crippen molar-refractivity contribution in [1.29, 1.82) is 0 Å². The van der Waals surface area contributed by atoms with Crippen LogP contribution in [0.2, 0.25) is 0 Å². The summed E-state index contributed by atoms with van der Waals surface area (Å²) in [6, 6.07) is 9.17. The lowest BCUT2D eigenvalue weighted by atomic mass is 10.1. The Morgan fingerprint density at radius 2 is 2.05 bits per heavy atom. The van der Waals surface area contributed by atoms with E-state index < -0.39 is 0 Å². The van der Waals surface area contributed by atoms with Crippen LogP contribution in [0.5, 0.6) is 0 Å². The third-order valence-electron chi connectivity index (χ3n) is 2.82. The minimum atomic E-state index is -0.268. The number of hydrogen-bond donors (Lipinski definition) is 2. The van der Waals surface area contributed by atoms with E-state index in [-0.39, 0.29) is 12.5 Å². The molecule has 0 saturated carbocycles. The number of rotatable bonds is 4. The van der Waals surface area contributed by atoms with Crippen LogP contribution in [0.1, 0.15) is 27.2 Å². The highest BCUT2D eigenvalue weighted by atomic mass is 79.9. The maximum absolute atomic E-state index is 12.0. The van der Waals surface area contributed by atoms with Crippen LogP contribution in [-0.4, -0.2) is 11.0 Å². The highest BCUT2D eigenvalue weighted by Gasteiger charge is 2.14. The SMILES string of the molecule is Cc1cc(Br)oc1C(=O)NCc1ccccc1CO. The molecule has 0 aliphatic rings. The van der Waals surface area contributed by atoms with E-state index >= 15 is 0 Å². The molecule has 0 radical (unpaired) electrons. The van der Waals surface area contributed by atoms with Crippen molar-refractivity contribution in [1.82, 2.24) is 5.32 Å². The molecule has 1 aromatic heterocycles. The number of amides is 1. The summed E-state index contributed by atoms with van der Waals surface area (Å²) < 4.78 is 5.81. The van der Waals surface area contributed by atoms with Gasteiger partial charge < -0.3 is 14.8 Å². The van der Waals surface area contributed by atoms with Gasteiger partial charge in [-0.2, -0.15) is 0 Å². The topological polar surface area (TPSA) is 62.5 Å².